The summed E-state index contributed by atoms with van der Waals surface area (Å²) in [5.74, 6) is 2.38. The third-order valence-corrected chi connectivity index (χ3v) is 2.72. The Labute approximate surface area is 62.8 Å². The van der Waals surface area contributed by atoms with Gasteiger partial charge in [0.25, 0.3) is 0 Å². The summed E-state index contributed by atoms with van der Waals surface area (Å²) in [6, 6.07) is 0. The molecule has 0 heterocycles. The highest BCUT2D eigenvalue weighted by molar-refractivity contribution is 5.85. The van der Waals surface area contributed by atoms with Gasteiger partial charge in [-0.3, -0.25) is 4.79 Å². The Hall–Kier alpha value is -0.330. The zero-order chi connectivity index (χ0) is 7.89. The first-order valence-corrected chi connectivity index (χ1v) is 4.09. The maximum absolute atomic E-state index is 11.3. The lowest BCUT2D eigenvalue weighted by Gasteiger charge is -2.00. The van der Waals surface area contributed by atoms with Crippen LogP contribution < -0.4 is 0 Å². The second-order valence-corrected chi connectivity index (χ2v) is 3.80. The fourth-order valence-corrected chi connectivity index (χ4v) is 1.57. The van der Waals surface area contributed by atoms with Gasteiger partial charge in [-0.2, -0.15) is 0 Å². The van der Waals surface area contributed by atoms with E-state index in [9.17, 15) is 4.79 Å². The molecule has 0 bridgehead atoms. The summed E-state index contributed by atoms with van der Waals surface area (Å²) in [6.45, 7) is 8.30. The lowest BCUT2D eigenvalue weighted by atomic mass is 10.0. The average Bonchev–Trinajstić information content (AvgIpc) is 2.40. The first-order valence-electron chi connectivity index (χ1n) is 4.09. The molecule has 0 saturated heterocycles. The van der Waals surface area contributed by atoms with E-state index in [0.29, 0.717) is 23.5 Å². The standard InChI is InChI=1S/C9H16O/c1-5(2)9(10)8-6(3)7(8)4/h5-8H,1-4H3/t6-,7+,8?. The first kappa shape index (κ1) is 7.77. The molecule has 0 aromatic heterocycles. The number of hydrogen-bond acceptors (Lipinski definition) is 1. The van der Waals surface area contributed by atoms with Crippen molar-refractivity contribution < 1.29 is 4.79 Å². The molecule has 58 valence electrons. The lowest BCUT2D eigenvalue weighted by Crippen LogP contribution is -2.10. The van der Waals surface area contributed by atoms with Crippen LogP contribution in [0.4, 0.5) is 0 Å². The van der Waals surface area contributed by atoms with E-state index in [4.69, 9.17) is 0 Å². The van der Waals surface area contributed by atoms with Crippen molar-refractivity contribution in [1.82, 2.24) is 0 Å². The number of hydrogen-bond donors (Lipinski definition) is 0. The van der Waals surface area contributed by atoms with Gasteiger partial charge in [-0.25, -0.2) is 0 Å². The van der Waals surface area contributed by atoms with Crippen molar-refractivity contribution >= 4 is 5.78 Å². The monoisotopic (exact) mass is 140 g/mol. The van der Waals surface area contributed by atoms with E-state index in [0.717, 1.165) is 0 Å². The van der Waals surface area contributed by atoms with Gasteiger partial charge < -0.3 is 0 Å². The van der Waals surface area contributed by atoms with Crippen molar-refractivity contribution in [3.63, 3.8) is 0 Å². The maximum atomic E-state index is 11.3. The second-order valence-electron chi connectivity index (χ2n) is 3.80. The molecule has 1 unspecified atom stereocenters. The molecule has 0 N–H and O–H groups in total. The van der Waals surface area contributed by atoms with Crippen LogP contribution >= 0.6 is 0 Å². The molecule has 10 heavy (non-hydrogen) atoms. The highest BCUT2D eigenvalue weighted by Crippen LogP contribution is 2.47. The zero-order valence-electron chi connectivity index (χ0n) is 7.22. The Morgan fingerprint density at radius 1 is 1.20 bits per heavy atom. The van der Waals surface area contributed by atoms with Crippen molar-refractivity contribution in [3.8, 4) is 0 Å². The van der Waals surface area contributed by atoms with E-state index >= 15 is 0 Å². The minimum absolute atomic E-state index is 0.234. The fourth-order valence-electron chi connectivity index (χ4n) is 1.57. The van der Waals surface area contributed by atoms with E-state index in [1.54, 1.807) is 0 Å². The van der Waals surface area contributed by atoms with Gasteiger partial charge in [0.2, 0.25) is 0 Å². The van der Waals surface area contributed by atoms with Crippen LogP contribution in [0.2, 0.25) is 0 Å². The molecule has 0 aliphatic heterocycles. The van der Waals surface area contributed by atoms with Gasteiger partial charge in [0.05, 0.1) is 0 Å². The van der Waals surface area contributed by atoms with Crippen LogP contribution in [-0.2, 0) is 4.79 Å². The van der Waals surface area contributed by atoms with Crippen LogP contribution in [0, 0.1) is 23.7 Å². The molecule has 0 amide bonds. The molecule has 1 rings (SSSR count). The van der Waals surface area contributed by atoms with E-state index in [1.807, 2.05) is 13.8 Å². The minimum Gasteiger partial charge on any atom is -0.299 e. The van der Waals surface area contributed by atoms with E-state index < -0.39 is 0 Å². The highest BCUT2D eigenvalue weighted by atomic mass is 16.1. The number of carbonyl (C=O) groups excluding carboxylic acids is 1. The summed E-state index contributed by atoms with van der Waals surface area (Å²) in [5, 5.41) is 0. The van der Waals surface area contributed by atoms with E-state index in [1.165, 1.54) is 0 Å². The minimum atomic E-state index is 0.234. The Morgan fingerprint density at radius 2 is 1.60 bits per heavy atom. The number of carbonyl (C=O) groups is 1. The van der Waals surface area contributed by atoms with E-state index in [-0.39, 0.29) is 5.92 Å². The average molecular weight is 140 g/mol. The van der Waals surface area contributed by atoms with Crippen LogP contribution in [-0.4, -0.2) is 5.78 Å². The van der Waals surface area contributed by atoms with Crippen LogP contribution in [0.3, 0.4) is 0 Å². The van der Waals surface area contributed by atoms with Gasteiger partial charge in [-0.05, 0) is 11.8 Å². The van der Waals surface area contributed by atoms with Crippen molar-refractivity contribution in [3.05, 3.63) is 0 Å². The number of rotatable bonds is 2. The fraction of sp³-hybridized carbons (Fsp3) is 0.889. The molecule has 1 aliphatic rings. The molecule has 0 aromatic rings. The highest BCUT2D eigenvalue weighted by Gasteiger charge is 2.48. The van der Waals surface area contributed by atoms with Crippen molar-refractivity contribution in [2.45, 2.75) is 27.7 Å². The predicted molar refractivity (Wildman–Crippen MR) is 41.7 cm³/mol. The van der Waals surface area contributed by atoms with Crippen LogP contribution in [0.15, 0.2) is 0 Å². The molecule has 0 radical (unpaired) electrons. The largest absolute Gasteiger partial charge is 0.299 e. The molecule has 0 spiro atoms. The molecule has 0 aromatic carbocycles. The van der Waals surface area contributed by atoms with Gasteiger partial charge in [0.1, 0.15) is 5.78 Å². The molecule has 3 atom stereocenters. The Morgan fingerprint density at radius 3 is 1.70 bits per heavy atom. The number of ketones is 1. The molecule has 1 fully saturated rings. The van der Waals surface area contributed by atoms with Crippen LogP contribution in [0.25, 0.3) is 0 Å². The van der Waals surface area contributed by atoms with Gasteiger partial charge in [-0.15, -0.1) is 0 Å². The summed E-state index contributed by atoms with van der Waals surface area (Å²) in [4.78, 5) is 11.3. The second kappa shape index (κ2) is 2.37. The summed E-state index contributed by atoms with van der Waals surface area (Å²) in [5.41, 5.74) is 0. The summed E-state index contributed by atoms with van der Waals surface area (Å²) in [7, 11) is 0. The predicted octanol–water partition coefficient (Wildman–Crippen LogP) is 2.11. The van der Waals surface area contributed by atoms with Crippen LogP contribution in [0.1, 0.15) is 27.7 Å². The smallest absolute Gasteiger partial charge is 0.139 e. The van der Waals surface area contributed by atoms with Crippen molar-refractivity contribution in [1.29, 1.82) is 0 Å². The number of Topliss-reactive ketones (excluding diaryl/α,β-unsaturated/α-hetero) is 1. The molecule has 1 saturated carbocycles. The zero-order valence-corrected chi connectivity index (χ0v) is 7.22. The van der Waals surface area contributed by atoms with Gasteiger partial charge in [0, 0.05) is 11.8 Å². The van der Waals surface area contributed by atoms with Crippen molar-refractivity contribution in [2.24, 2.45) is 23.7 Å². The SMILES string of the molecule is CC(C)C(=O)C1[C@@H](C)[C@H]1C. The van der Waals surface area contributed by atoms with Gasteiger partial charge in [0.15, 0.2) is 0 Å². The van der Waals surface area contributed by atoms with Gasteiger partial charge in [-0.1, -0.05) is 27.7 Å². The lowest BCUT2D eigenvalue weighted by molar-refractivity contribution is -0.123. The molecular weight excluding hydrogens is 124 g/mol. The molecular formula is C9H16O. The summed E-state index contributed by atoms with van der Waals surface area (Å²) in [6.07, 6.45) is 0. The normalized spacial score (nSPS) is 38.3. The Kier molecular flexibility index (Phi) is 1.84. The molecule has 1 heteroatoms. The third-order valence-electron chi connectivity index (χ3n) is 2.72. The summed E-state index contributed by atoms with van der Waals surface area (Å²) >= 11 is 0. The van der Waals surface area contributed by atoms with E-state index in [2.05, 4.69) is 13.8 Å². The van der Waals surface area contributed by atoms with Crippen LogP contribution in [0.5, 0.6) is 0 Å². The first-order chi connectivity index (χ1) is 4.55. The van der Waals surface area contributed by atoms with Gasteiger partial charge >= 0.3 is 0 Å². The third kappa shape index (κ3) is 1.09. The summed E-state index contributed by atoms with van der Waals surface area (Å²) < 4.78 is 0. The Balaban J connectivity index is 2.46. The van der Waals surface area contributed by atoms with Crippen molar-refractivity contribution in [2.75, 3.05) is 0 Å². The maximum Gasteiger partial charge on any atom is 0.139 e. The molecule has 1 aliphatic carbocycles. The Bertz CT molecular complexity index is 141. The molecule has 1 nitrogen and oxygen atoms in total. The quantitative estimate of drug-likeness (QED) is 0.574. The topological polar surface area (TPSA) is 17.1 Å².